The van der Waals surface area contributed by atoms with E-state index >= 15 is 0 Å². The van der Waals surface area contributed by atoms with Gasteiger partial charge < -0.3 is 9.64 Å². The van der Waals surface area contributed by atoms with Crippen molar-refractivity contribution in [3.05, 3.63) is 39.4 Å². The van der Waals surface area contributed by atoms with Crippen molar-refractivity contribution in [2.24, 2.45) is 0 Å². The van der Waals surface area contributed by atoms with Crippen LogP contribution in [-0.2, 0) is 27.3 Å². The predicted molar refractivity (Wildman–Crippen MR) is 113 cm³/mol. The Hall–Kier alpha value is -3.23. The summed E-state index contributed by atoms with van der Waals surface area (Å²) in [7, 11) is 0. The number of hydrogen-bond donors (Lipinski definition) is 1. The van der Waals surface area contributed by atoms with Gasteiger partial charge in [-0.25, -0.2) is 9.78 Å². The van der Waals surface area contributed by atoms with E-state index in [1.165, 1.54) is 4.57 Å². The van der Waals surface area contributed by atoms with Crippen LogP contribution in [0.1, 0.15) is 56.6 Å². The van der Waals surface area contributed by atoms with Crippen LogP contribution >= 0.6 is 0 Å². The van der Waals surface area contributed by atoms with E-state index in [9.17, 15) is 19.2 Å². The zero-order chi connectivity index (χ0) is 22.5. The van der Waals surface area contributed by atoms with E-state index in [0.29, 0.717) is 36.2 Å². The van der Waals surface area contributed by atoms with Gasteiger partial charge in [-0.1, -0.05) is 0 Å². The summed E-state index contributed by atoms with van der Waals surface area (Å²) < 4.78 is 6.86. The molecule has 4 rings (SSSR count). The van der Waals surface area contributed by atoms with Crippen LogP contribution in [0.2, 0.25) is 0 Å². The molecule has 0 spiro atoms. The molecule has 2 aliphatic heterocycles. The Morgan fingerprint density at radius 1 is 1.16 bits per heavy atom. The van der Waals surface area contributed by atoms with Gasteiger partial charge in [0.2, 0.25) is 11.8 Å². The minimum atomic E-state index is -0.749. The van der Waals surface area contributed by atoms with Crippen molar-refractivity contribution in [2.45, 2.75) is 65.1 Å². The number of carbonyl (C=O) groups is 3. The molecule has 164 valence electrons. The van der Waals surface area contributed by atoms with Crippen molar-refractivity contribution >= 4 is 28.8 Å². The molecule has 31 heavy (non-hydrogen) atoms. The number of aromatic nitrogens is 2. The molecule has 9 nitrogen and oxygen atoms in total. The van der Waals surface area contributed by atoms with Crippen molar-refractivity contribution in [1.29, 1.82) is 0 Å². The fourth-order valence-corrected chi connectivity index (χ4v) is 4.14. The highest BCUT2D eigenvalue weighted by Crippen LogP contribution is 2.26. The van der Waals surface area contributed by atoms with Gasteiger partial charge in [0.25, 0.3) is 5.56 Å². The first kappa shape index (κ1) is 21.0. The second-order valence-corrected chi connectivity index (χ2v) is 9.09. The van der Waals surface area contributed by atoms with E-state index in [4.69, 9.17) is 4.74 Å². The largest absolute Gasteiger partial charge is 0.444 e. The van der Waals surface area contributed by atoms with Crippen molar-refractivity contribution in [2.75, 3.05) is 6.54 Å². The molecule has 2 aliphatic rings. The van der Waals surface area contributed by atoms with Gasteiger partial charge in [-0.15, -0.1) is 0 Å². The maximum atomic E-state index is 13.3. The number of amides is 3. The van der Waals surface area contributed by atoms with E-state index in [1.807, 2.05) is 32.9 Å². The molecule has 1 unspecified atom stereocenters. The third-order valence-electron chi connectivity index (χ3n) is 5.58. The van der Waals surface area contributed by atoms with E-state index < -0.39 is 17.6 Å². The van der Waals surface area contributed by atoms with Gasteiger partial charge in [0.15, 0.2) is 0 Å². The summed E-state index contributed by atoms with van der Waals surface area (Å²) >= 11 is 0. The van der Waals surface area contributed by atoms with Crippen LogP contribution in [0.5, 0.6) is 0 Å². The Balaban J connectivity index is 1.69. The van der Waals surface area contributed by atoms with Crippen LogP contribution in [0, 0.1) is 6.92 Å². The van der Waals surface area contributed by atoms with Crippen molar-refractivity contribution in [1.82, 2.24) is 19.8 Å². The van der Waals surface area contributed by atoms with E-state index in [2.05, 4.69) is 10.3 Å². The van der Waals surface area contributed by atoms with Gasteiger partial charge in [-0.05, 0) is 63.8 Å². The lowest BCUT2D eigenvalue weighted by Gasteiger charge is -2.31. The fraction of sp³-hybridized carbons (Fsp3) is 0.500. The number of aryl methyl sites for hydroxylation is 1. The summed E-state index contributed by atoms with van der Waals surface area (Å²) in [5, 5.41) is 2.73. The van der Waals surface area contributed by atoms with Crippen LogP contribution in [0.25, 0.3) is 10.9 Å². The molecule has 1 N–H and O–H groups in total. The molecule has 1 aromatic carbocycles. The van der Waals surface area contributed by atoms with Crippen molar-refractivity contribution in [3.63, 3.8) is 0 Å². The molecule has 0 radical (unpaired) electrons. The molecule has 2 aromatic rings. The molecule has 1 saturated heterocycles. The molecule has 1 fully saturated rings. The van der Waals surface area contributed by atoms with Gasteiger partial charge in [0, 0.05) is 19.5 Å². The molecule has 0 aliphatic carbocycles. The van der Waals surface area contributed by atoms with Gasteiger partial charge in [0.05, 0.1) is 10.9 Å². The quantitative estimate of drug-likeness (QED) is 0.698. The summed E-state index contributed by atoms with van der Waals surface area (Å²) in [5.74, 6) is -0.398. The third-order valence-corrected chi connectivity index (χ3v) is 5.58. The van der Waals surface area contributed by atoms with E-state index in [0.717, 1.165) is 11.1 Å². The number of nitrogens with zero attached hydrogens (tertiary/aromatic N) is 3. The Morgan fingerprint density at radius 2 is 1.90 bits per heavy atom. The predicted octanol–water partition coefficient (Wildman–Crippen LogP) is 1.98. The van der Waals surface area contributed by atoms with Crippen molar-refractivity contribution < 1.29 is 19.1 Å². The van der Waals surface area contributed by atoms with Gasteiger partial charge in [0.1, 0.15) is 17.5 Å². The summed E-state index contributed by atoms with van der Waals surface area (Å²) in [6, 6.07) is 2.90. The number of rotatable bonds is 1. The Labute approximate surface area is 179 Å². The molecule has 3 heterocycles. The zero-order valence-electron chi connectivity index (χ0n) is 18.2. The zero-order valence-corrected chi connectivity index (χ0v) is 18.2. The number of nitrogens with one attached hydrogen (secondary N) is 1. The van der Waals surface area contributed by atoms with E-state index in [-0.39, 0.29) is 30.4 Å². The highest BCUT2D eigenvalue weighted by Gasteiger charge is 2.31. The monoisotopic (exact) mass is 426 g/mol. The lowest BCUT2D eigenvalue weighted by atomic mass is 9.97. The van der Waals surface area contributed by atoms with Crippen LogP contribution < -0.4 is 10.9 Å². The van der Waals surface area contributed by atoms with Gasteiger partial charge >= 0.3 is 6.09 Å². The number of piperidine rings is 1. The summed E-state index contributed by atoms with van der Waals surface area (Å²) in [4.78, 5) is 55.7. The molecular weight excluding hydrogens is 400 g/mol. The Bertz CT molecular complexity index is 1160. The second kappa shape index (κ2) is 7.47. The molecular formula is C22H26N4O5. The number of ether oxygens (including phenoxy) is 1. The number of fused-ring (bicyclic) bond motifs is 2. The van der Waals surface area contributed by atoms with Crippen LogP contribution in [0.15, 0.2) is 16.9 Å². The Kier molecular flexibility index (Phi) is 5.07. The molecule has 1 aromatic heterocycles. The molecule has 0 saturated carbocycles. The molecule has 1 atom stereocenters. The summed E-state index contributed by atoms with van der Waals surface area (Å²) in [6.07, 6.45) is 0.686. The number of hydrogen-bond acceptors (Lipinski definition) is 6. The highest BCUT2D eigenvalue weighted by molar-refractivity contribution is 5.99. The normalized spacial score (nSPS) is 19.2. The van der Waals surface area contributed by atoms with Crippen LogP contribution in [0.3, 0.4) is 0 Å². The second-order valence-electron chi connectivity index (χ2n) is 9.09. The maximum absolute atomic E-state index is 13.3. The number of imide groups is 1. The number of carbonyl (C=O) groups excluding carboxylic acids is 3. The Morgan fingerprint density at radius 3 is 2.58 bits per heavy atom. The maximum Gasteiger partial charge on any atom is 0.410 e. The number of benzene rings is 1. The SMILES string of the molecule is Cc1nc2cc3c(cc2c(=O)n1C1CCC(=O)NC1=O)CCN(C(=O)OC(C)(C)C)C3. The first-order valence-electron chi connectivity index (χ1n) is 10.4. The molecule has 0 bridgehead atoms. The fourth-order valence-electron chi connectivity index (χ4n) is 4.14. The topological polar surface area (TPSA) is 111 Å². The average Bonchev–Trinajstić information content (AvgIpc) is 2.66. The lowest BCUT2D eigenvalue weighted by molar-refractivity contribution is -0.135. The molecule has 9 heteroatoms. The van der Waals surface area contributed by atoms with E-state index in [1.54, 1.807) is 11.8 Å². The van der Waals surface area contributed by atoms with Crippen LogP contribution in [0.4, 0.5) is 4.79 Å². The summed E-state index contributed by atoms with van der Waals surface area (Å²) in [6.45, 7) is 8.05. The van der Waals surface area contributed by atoms with Gasteiger partial charge in [-0.3, -0.25) is 24.3 Å². The molecule has 3 amide bonds. The summed E-state index contributed by atoms with van der Waals surface area (Å²) in [5.41, 5.74) is 1.56. The highest BCUT2D eigenvalue weighted by atomic mass is 16.6. The first-order valence-corrected chi connectivity index (χ1v) is 10.4. The minimum Gasteiger partial charge on any atom is -0.444 e. The van der Waals surface area contributed by atoms with Crippen molar-refractivity contribution in [3.8, 4) is 0 Å². The first-order chi connectivity index (χ1) is 14.5. The smallest absolute Gasteiger partial charge is 0.410 e. The average molecular weight is 426 g/mol. The minimum absolute atomic E-state index is 0.186. The third kappa shape index (κ3) is 4.04. The lowest BCUT2D eigenvalue weighted by Crippen LogP contribution is -2.45. The standard InChI is InChI=1S/C22H26N4O5/c1-12-23-16-10-14-11-25(21(30)31-22(2,3)4)8-7-13(14)9-15(16)20(29)26(12)17-5-6-18(27)24-19(17)28/h9-10,17H,5-8,11H2,1-4H3,(H,24,27,28). The van der Waals surface area contributed by atoms with Gasteiger partial charge in [-0.2, -0.15) is 0 Å². The van der Waals surface area contributed by atoms with Crippen LogP contribution in [-0.4, -0.2) is 44.5 Å².